The van der Waals surface area contributed by atoms with Crippen LogP contribution >= 0.6 is 11.3 Å². The Morgan fingerprint density at radius 3 is 2.59 bits per heavy atom. The van der Waals surface area contributed by atoms with Crippen molar-refractivity contribution in [2.24, 2.45) is 0 Å². The highest BCUT2D eigenvalue weighted by molar-refractivity contribution is 7.89. The predicted molar refractivity (Wildman–Crippen MR) is 110 cm³/mol. The number of aryl methyl sites for hydroxylation is 2. The fraction of sp³-hybridized carbons (Fsp3) is 0.200. The SMILES string of the molecule is Cc1ccc(-c2csc(NC(=O)c3cccc(CS(C)(=O)=O)c3)n2)cc1C. The lowest BCUT2D eigenvalue weighted by Gasteiger charge is -2.05. The summed E-state index contributed by atoms with van der Waals surface area (Å²) >= 11 is 1.35. The number of rotatable bonds is 5. The van der Waals surface area contributed by atoms with Crippen LogP contribution in [0.1, 0.15) is 27.0 Å². The molecule has 0 aliphatic rings. The number of aromatic nitrogens is 1. The maximum Gasteiger partial charge on any atom is 0.257 e. The quantitative estimate of drug-likeness (QED) is 0.696. The van der Waals surface area contributed by atoms with E-state index in [1.807, 2.05) is 11.4 Å². The van der Waals surface area contributed by atoms with Crippen LogP contribution < -0.4 is 5.32 Å². The molecular weight excluding hydrogens is 380 g/mol. The van der Waals surface area contributed by atoms with E-state index in [1.54, 1.807) is 24.3 Å². The molecule has 5 nitrogen and oxygen atoms in total. The van der Waals surface area contributed by atoms with Crippen molar-refractivity contribution in [1.29, 1.82) is 0 Å². The van der Waals surface area contributed by atoms with Crippen LogP contribution in [0.2, 0.25) is 0 Å². The van der Waals surface area contributed by atoms with Gasteiger partial charge in [0.25, 0.3) is 5.91 Å². The van der Waals surface area contributed by atoms with E-state index >= 15 is 0 Å². The number of carbonyl (C=O) groups is 1. The Morgan fingerprint density at radius 1 is 1.11 bits per heavy atom. The molecule has 1 N–H and O–H groups in total. The van der Waals surface area contributed by atoms with Crippen molar-refractivity contribution < 1.29 is 13.2 Å². The average molecular weight is 401 g/mol. The number of hydrogen-bond acceptors (Lipinski definition) is 5. The first-order valence-electron chi connectivity index (χ1n) is 8.32. The van der Waals surface area contributed by atoms with E-state index < -0.39 is 9.84 Å². The van der Waals surface area contributed by atoms with E-state index in [-0.39, 0.29) is 11.7 Å². The second-order valence-electron chi connectivity index (χ2n) is 6.56. The van der Waals surface area contributed by atoms with Gasteiger partial charge < -0.3 is 0 Å². The molecule has 1 aromatic heterocycles. The smallest absolute Gasteiger partial charge is 0.257 e. The predicted octanol–water partition coefficient (Wildman–Crippen LogP) is 4.22. The zero-order valence-corrected chi connectivity index (χ0v) is 16.9. The highest BCUT2D eigenvalue weighted by Crippen LogP contribution is 2.26. The van der Waals surface area contributed by atoms with Gasteiger partial charge in [0, 0.05) is 22.8 Å². The standard InChI is InChI=1S/C20H20N2O3S2/c1-13-7-8-16(9-14(13)2)18-11-26-20(21-18)22-19(23)17-6-4-5-15(10-17)12-27(3,24)25/h4-11H,12H2,1-3H3,(H,21,22,23). The molecule has 2 aromatic carbocycles. The molecule has 0 bridgehead atoms. The molecule has 0 unspecified atom stereocenters. The van der Waals surface area contributed by atoms with E-state index in [1.165, 1.54) is 28.7 Å². The number of amides is 1. The average Bonchev–Trinajstić information content (AvgIpc) is 3.04. The molecule has 140 valence electrons. The normalized spacial score (nSPS) is 11.4. The van der Waals surface area contributed by atoms with E-state index in [4.69, 9.17) is 0 Å². The van der Waals surface area contributed by atoms with Crippen molar-refractivity contribution in [2.75, 3.05) is 11.6 Å². The minimum absolute atomic E-state index is 0.0949. The molecule has 0 atom stereocenters. The minimum Gasteiger partial charge on any atom is -0.298 e. The second-order valence-corrected chi connectivity index (χ2v) is 9.56. The van der Waals surface area contributed by atoms with Gasteiger partial charge in [-0.3, -0.25) is 10.1 Å². The summed E-state index contributed by atoms with van der Waals surface area (Å²) in [5.74, 6) is -0.409. The van der Waals surface area contributed by atoms with Crippen molar-refractivity contribution in [1.82, 2.24) is 4.98 Å². The van der Waals surface area contributed by atoms with Crippen LogP contribution in [-0.2, 0) is 15.6 Å². The first-order chi connectivity index (χ1) is 12.7. The molecule has 0 fully saturated rings. The third-order valence-corrected chi connectivity index (χ3v) is 5.76. The fourth-order valence-corrected chi connectivity index (χ4v) is 4.14. The van der Waals surface area contributed by atoms with Gasteiger partial charge in [-0.05, 0) is 48.7 Å². The number of anilines is 1. The minimum atomic E-state index is -3.15. The fourth-order valence-electron chi connectivity index (χ4n) is 2.64. The Kier molecular flexibility index (Phi) is 5.43. The Hall–Kier alpha value is -2.51. The zero-order valence-electron chi connectivity index (χ0n) is 15.3. The van der Waals surface area contributed by atoms with Crippen LogP contribution in [0.25, 0.3) is 11.3 Å². The van der Waals surface area contributed by atoms with Crippen molar-refractivity contribution in [2.45, 2.75) is 19.6 Å². The summed E-state index contributed by atoms with van der Waals surface area (Å²) in [7, 11) is -3.15. The van der Waals surface area contributed by atoms with Crippen LogP contribution in [0.3, 0.4) is 0 Å². The van der Waals surface area contributed by atoms with Gasteiger partial charge in [0.1, 0.15) is 0 Å². The Morgan fingerprint density at radius 2 is 1.89 bits per heavy atom. The third kappa shape index (κ3) is 5.02. The molecule has 7 heteroatoms. The maximum absolute atomic E-state index is 12.5. The maximum atomic E-state index is 12.5. The van der Waals surface area contributed by atoms with Crippen molar-refractivity contribution >= 4 is 32.2 Å². The van der Waals surface area contributed by atoms with Crippen molar-refractivity contribution in [3.8, 4) is 11.3 Å². The summed E-state index contributed by atoms with van der Waals surface area (Å²) < 4.78 is 22.9. The van der Waals surface area contributed by atoms with Gasteiger partial charge in [-0.1, -0.05) is 24.3 Å². The molecule has 27 heavy (non-hydrogen) atoms. The number of carbonyl (C=O) groups excluding carboxylic acids is 1. The first-order valence-corrected chi connectivity index (χ1v) is 11.3. The van der Waals surface area contributed by atoms with Crippen LogP contribution in [-0.4, -0.2) is 25.6 Å². The van der Waals surface area contributed by atoms with Crippen LogP contribution in [0.4, 0.5) is 5.13 Å². The molecule has 0 aliphatic heterocycles. The lowest BCUT2D eigenvalue weighted by molar-refractivity contribution is 0.102. The van der Waals surface area contributed by atoms with Crippen molar-refractivity contribution in [3.63, 3.8) is 0 Å². The molecule has 1 heterocycles. The molecule has 0 radical (unpaired) electrons. The topological polar surface area (TPSA) is 76.1 Å². The lowest BCUT2D eigenvalue weighted by Crippen LogP contribution is -2.12. The number of nitrogens with one attached hydrogen (secondary N) is 1. The van der Waals surface area contributed by atoms with E-state index in [2.05, 4.69) is 36.3 Å². The number of benzene rings is 2. The van der Waals surface area contributed by atoms with Gasteiger partial charge in [0.15, 0.2) is 15.0 Å². The second kappa shape index (κ2) is 7.62. The van der Waals surface area contributed by atoms with Gasteiger partial charge in [-0.2, -0.15) is 0 Å². The molecule has 0 saturated heterocycles. The summed E-state index contributed by atoms with van der Waals surface area (Å²) in [6.45, 7) is 4.11. The summed E-state index contributed by atoms with van der Waals surface area (Å²) in [5.41, 5.74) is 5.21. The molecule has 1 amide bonds. The van der Waals surface area contributed by atoms with Gasteiger partial charge in [0.2, 0.25) is 0 Å². The van der Waals surface area contributed by atoms with Gasteiger partial charge in [-0.15, -0.1) is 11.3 Å². The molecule has 3 rings (SSSR count). The van der Waals surface area contributed by atoms with Gasteiger partial charge in [0.05, 0.1) is 11.4 Å². The van der Waals surface area contributed by atoms with Crippen LogP contribution in [0, 0.1) is 13.8 Å². The lowest BCUT2D eigenvalue weighted by atomic mass is 10.1. The summed E-state index contributed by atoms with van der Waals surface area (Å²) in [6, 6.07) is 12.8. The molecule has 0 aliphatic carbocycles. The number of hydrogen-bond donors (Lipinski definition) is 1. The van der Waals surface area contributed by atoms with E-state index in [0.29, 0.717) is 16.3 Å². The number of nitrogens with zero attached hydrogens (tertiary/aromatic N) is 1. The Bertz CT molecular complexity index is 1100. The Balaban J connectivity index is 1.76. The highest BCUT2D eigenvalue weighted by atomic mass is 32.2. The van der Waals surface area contributed by atoms with E-state index in [0.717, 1.165) is 11.3 Å². The van der Waals surface area contributed by atoms with Crippen LogP contribution in [0.15, 0.2) is 47.8 Å². The van der Waals surface area contributed by atoms with Gasteiger partial charge in [-0.25, -0.2) is 13.4 Å². The third-order valence-electron chi connectivity index (χ3n) is 4.15. The first kappa shape index (κ1) is 19.3. The Labute approximate surface area is 163 Å². The molecular formula is C20H20N2O3S2. The molecule has 0 saturated carbocycles. The monoisotopic (exact) mass is 400 g/mol. The molecule has 3 aromatic rings. The largest absolute Gasteiger partial charge is 0.298 e. The summed E-state index contributed by atoms with van der Waals surface area (Å²) in [4.78, 5) is 17.0. The highest BCUT2D eigenvalue weighted by Gasteiger charge is 2.12. The number of thiazole rings is 1. The van der Waals surface area contributed by atoms with Gasteiger partial charge >= 0.3 is 0 Å². The summed E-state index contributed by atoms with van der Waals surface area (Å²) in [5, 5.41) is 5.19. The number of sulfone groups is 1. The van der Waals surface area contributed by atoms with E-state index in [9.17, 15) is 13.2 Å². The van der Waals surface area contributed by atoms with Crippen LogP contribution in [0.5, 0.6) is 0 Å². The molecule has 0 spiro atoms. The zero-order chi connectivity index (χ0) is 19.6. The van der Waals surface area contributed by atoms with Crippen molar-refractivity contribution in [3.05, 3.63) is 70.1 Å². The summed E-state index contributed by atoms with van der Waals surface area (Å²) in [6.07, 6.45) is 1.17.